The molecule has 0 spiro atoms. The van der Waals surface area contributed by atoms with Gasteiger partial charge in [0.15, 0.2) is 11.9 Å². The molecule has 2 heterocycles. The number of benzene rings is 2. The Balaban J connectivity index is 2.08. The normalized spacial score (nSPS) is 11.8. The highest BCUT2D eigenvalue weighted by molar-refractivity contribution is 5.93. The van der Waals surface area contributed by atoms with Gasteiger partial charge in [-0.05, 0) is 30.0 Å². The molecule has 3 heteroatoms. The van der Waals surface area contributed by atoms with Crippen molar-refractivity contribution in [3.63, 3.8) is 0 Å². The number of para-hydroxylation sites is 1. The van der Waals surface area contributed by atoms with Crippen LogP contribution in [0.1, 0.15) is 37.6 Å². The van der Waals surface area contributed by atoms with Gasteiger partial charge in [-0.25, -0.2) is 9.97 Å². The van der Waals surface area contributed by atoms with Gasteiger partial charge >= 0.3 is 0 Å². The lowest BCUT2D eigenvalue weighted by Crippen LogP contribution is -2.35. The molecule has 28 heavy (non-hydrogen) atoms. The lowest BCUT2D eigenvalue weighted by atomic mass is 9.83. The molecule has 0 saturated heterocycles. The summed E-state index contributed by atoms with van der Waals surface area (Å²) in [6, 6.07) is 19.1. The van der Waals surface area contributed by atoms with Crippen LogP contribution in [0.4, 0.5) is 0 Å². The summed E-state index contributed by atoms with van der Waals surface area (Å²) < 4.78 is 2.26. The van der Waals surface area contributed by atoms with E-state index >= 15 is 0 Å². The number of hydrogen-bond donors (Lipinski definition) is 0. The van der Waals surface area contributed by atoms with E-state index < -0.39 is 0 Å². The van der Waals surface area contributed by atoms with Crippen LogP contribution in [-0.2, 0) is 5.41 Å². The first-order valence-corrected chi connectivity index (χ1v) is 9.69. The third-order valence-electron chi connectivity index (χ3n) is 5.37. The van der Waals surface area contributed by atoms with Gasteiger partial charge < -0.3 is 0 Å². The van der Waals surface area contributed by atoms with Crippen LogP contribution in [0.15, 0.2) is 67.1 Å². The van der Waals surface area contributed by atoms with Crippen LogP contribution < -0.4 is 4.57 Å². The van der Waals surface area contributed by atoms with Crippen LogP contribution in [0.3, 0.4) is 0 Å². The first-order chi connectivity index (χ1) is 13.4. The molecule has 140 valence electrons. The van der Waals surface area contributed by atoms with E-state index in [4.69, 9.17) is 4.98 Å². The van der Waals surface area contributed by atoms with Gasteiger partial charge in [0, 0.05) is 41.6 Å². The van der Waals surface area contributed by atoms with E-state index in [1.807, 2.05) is 12.1 Å². The smallest absolute Gasteiger partial charge is 0.214 e. The summed E-state index contributed by atoms with van der Waals surface area (Å²) in [5.74, 6) is 0. The number of aryl methyl sites for hydroxylation is 1. The summed E-state index contributed by atoms with van der Waals surface area (Å²) in [6.45, 7) is 11.1. The predicted molar refractivity (Wildman–Crippen MR) is 115 cm³/mol. The van der Waals surface area contributed by atoms with Crippen molar-refractivity contribution in [3.8, 4) is 16.9 Å². The van der Waals surface area contributed by atoms with Crippen molar-refractivity contribution in [1.82, 2.24) is 9.97 Å². The zero-order valence-electron chi connectivity index (χ0n) is 17.2. The van der Waals surface area contributed by atoms with Crippen molar-refractivity contribution < 1.29 is 4.57 Å². The zero-order valence-corrected chi connectivity index (χ0v) is 17.2. The van der Waals surface area contributed by atoms with Gasteiger partial charge in [0.1, 0.15) is 6.33 Å². The van der Waals surface area contributed by atoms with Crippen molar-refractivity contribution in [2.75, 3.05) is 0 Å². The largest absolute Gasteiger partial charge is 0.236 e. The summed E-state index contributed by atoms with van der Waals surface area (Å²) >= 11 is 0. The Morgan fingerprint density at radius 2 is 1.61 bits per heavy atom. The van der Waals surface area contributed by atoms with E-state index in [9.17, 15) is 0 Å². The van der Waals surface area contributed by atoms with Gasteiger partial charge in [0.25, 0.3) is 0 Å². The Morgan fingerprint density at radius 3 is 2.36 bits per heavy atom. The maximum Gasteiger partial charge on any atom is 0.214 e. The molecule has 0 fully saturated rings. The Hall–Kier alpha value is -3.07. The summed E-state index contributed by atoms with van der Waals surface area (Å²) in [7, 11) is 0. The summed E-state index contributed by atoms with van der Waals surface area (Å²) in [5.41, 5.74) is 8.07. The lowest BCUT2D eigenvalue weighted by molar-refractivity contribution is -0.603. The molecule has 4 rings (SSSR count). The van der Waals surface area contributed by atoms with Crippen LogP contribution in [0, 0.1) is 13.8 Å². The zero-order chi connectivity index (χ0) is 19.9. The number of pyridine rings is 1. The molecule has 0 aliphatic rings. The molecule has 0 bridgehead atoms. The molecular formula is C25H26N3+. The molecule has 0 unspecified atom stereocenters. The average molecular weight is 369 g/mol. The topological polar surface area (TPSA) is 29.7 Å². The monoisotopic (exact) mass is 368 g/mol. The maximum absolute atomic E-state index is 4.70. The Kier molecular flexibility index (Phi) is 4.46. The van der Waals surface area contributed by atoms with Gasteiger partial charge in [-0.2, -0.15) is 4.57 Å². The molecule has 3 nitrogen and oxygen atoms in total. The van der Waals surface area contributed by atoms with Gasteiger partial charge in [-0.15, -0.1) is 0 Å². The molecular weight excluding hydrogens is 342 g/mol. The van der Waals surface area contributed by atoms with Gasteiger partial charge in [-0.1, -0.05) is 45.0 Å². The predicted octanol–water partition coefficient (Wildman–Crippen LogP) is 5.49. The quantitative estimate of drug-likeness (QED) is 0.438. The van der Waals surface area contributed by atoms with E-state index in [1.54, 1.807) is 6.33 Å². The third kappa shape index (κ3) is 3.18. The van der Waals surface area contributed by atoms with E-state index in [0.717, 1.165) is 22.2 Å². The minimum absolute atomic E-state index is 0.0310. The minimum Gasteiger partial charge on any atom is -0.236 e. The molecule has 0 radical (unpaired) electrons. The van der Waals surface area contributed by atoms with Crippen LogP contribution in [0.2, 0.25) is 0 Å². The molecule has 0 aliphatic heterocycles. The Labute approximate surface area is 166 Å². The van der Waals surface area contributed by atoms with Crippen molar-refractivity contribution in [1.29, 1.82) is 0 Å². The van der Waals surface area contributed by atoms with Crippen molar-refractivity contribution in [2.45, 2.75) is 40.0 Å². The molecule has 0 atom stereocenters. The van der Waals surface area contributed by atoms with Crippen LogP contribution >= 0.6 is 0 Å². The van der Waals surface area contributed by atoms with Crippen molar-refractivity contribution >= 4 is 10.9 Å². The van der Waals surface area contributed by atoms with E-state index in [2.05, 4.69) is 92.8 Å². The van der Waals surface area contributed by atoms with Crippen LogP contribution in [0.25, 0.3) is 27.8 Å². The fraction of sp³-hybridized carbons (Fsp3) is 0.240. The van der Waals surface area contributed by atoms with E-state index in [-0.39, 0.29) is 5.41 Å². The van der Waals surface area contributed by atoms with E-state index in [0.29, 0.717) is 0 Å². The fourth-order valence-corrected chi connectivity index (χ4v) is 3.65. The standard InChI is InChI=1S/C25H26N3/c1-17-10-8-9-13-28(17)23-15-19(25(3,4)5)14-21(18(23)2)24-20-11-6-7-12-22(20)26-16-27-24/h6-16H,1-5H3/q+1. The molecule has 4 aromatic rings. The lowest BCUT2D eigenvalue weighted by Gasteiger charge is -2.22. The van der Waals surface area contributed by atoms with Gasteiger partial charge in [0.2, 0.25) is 5.69 Å². The SMILES string of the molecule is Cc1c(-c2ncnc3ccccc23)cc(C(C)(C)C)cc1-[n+]1ccccc1C. The first kappa shape index (κ1) is 18.3. The maximum atomic E-state index is 4.70. The minimum atomic E-state index is 0.0310. The average Bonchev–Trinajstić information content (AvgIpc) is 2.68. The Morgan fingerprint density at radius 1 is 0.857 bits per heavy atom. The highest BCUT2D eigenvalue weighted by Gasteiger charge is 2.24. The number of nitrogens with zero attached hydrogens (tertiary/aromatic N) is 3. The number of rotatable bonds is 2. The molecule has 0 N–H and O–H groups in total. The van der Waals surface area contributed by atoms with Gasteiger partial charge in [-0.3, -0.25) is 0 Å². The highest BCUT2D eigenvalue weighted by atomic mass is 15.0. The number of fused-ring (bicyclic) bond motifs is 1. The van der Waals surface area contributed by atoms with Crippen LogP contribution in [0.5, 0.6) is 0 Å². The Bertz CT molecular complexity index is 1160. The summed E-state index contributed by atoms with van der Waals surface area (Å²) in [6.07, 6.45) is 3.80. The van der Waals surface area contributed by atoms with E-state index in [1.165, 1.54) is 22.5 Å². The van der Waals surface area contributed by atoms with Crippen molar-refractivity contribution in [2.24, 2.45) is 0 Å². The van der Waals surface area contributed by atoms with Crippen molar-refractivity contribution in [3.05, 3.63) is 83.9 Å². The molecule has 0 aliphatic carbocycles. The first-order valence-electron chi connectivity index (χ1n) is 9.69. The second-order valence-electron chi connectivity index (χ2n) is 8.37. The number of aromatic nitrogens is 3. The molecule has 0 saturated carbocycles. The summed E-state index contributed by atoms with van der Waals surface area (Å²) in [4.78, 5) is 9.14. The fourth-order valence-electron chi connectivity index (χ4n) is 3.65. The second kappa shape index (κ2) is 6.83. The molecule has 0 amide bonds. The second-order valence-corrected chi connectivity index (χ2v) is 8.37. The van der Waals surface area contributed by atoms with Gasteiger partial charge in [0.05, 0.1) is 11.2 Å². The highest BCUT2D eigenvalue weighted by Crippen LogP contribution is 2.34. The molecule has 2 aromatic heterocycles. The van der Waals surface area contributed by atoms with Crippen LogP contribution in [-0.4, -0.2) is 9.97 Å². The number of hydrogen-bond acceptors (Lipinski definition) is 2. The third-order valence-corrected chi connectivity index (χ3v) is 5.37. The molecule has 2 aromatic carbocycles. The summed E-state index contributed by atoms with van der Waals surface area (Å²) in [5, 5.41) is 1.08.